The Kier molecular flexibility index (Phi) is 4.61. The lowest BCUT2D eigenvalue weighted by Gasteiger charge is -2.15. The largest absolute Gasteiger partial charge is 0.397 e. The Bertz CT molecular complexity index is 428. The minimum atomic E-state index is -4.21. The topological polar surface area (TPSA) is 55.1 Å². The molecule has 1 aromatic heterocycles. The number of carbonyl (C=O) groups is 1. The van der Waals surface area contributed by atoms with E-state index in [0.29, 0.717) is 22.0 Å². The molecule has 0 aliphatic heterocycles. The van der Waals surface area contributed by atoms with Crippen LogP contribution in [0.3, 0.4) is 0 Å². The number of Topliss-reactive ketones (excluding diaryl/α,β-unsaturated/α-hetero) is 1. The number of rotatable bonds is 5. The zero-order chi connectivity index (χ0) is 13.9. The maximum atomic E-state index is 12.2. The van der Waals surface area contributed by atoms with Gasteiger partial charge < -0.3 is 11.1 Å². The van der Waals surface area contributed by atoms with Crippen LogP contribution in [-0.4, -0.2) is 18.0 Å². The summed E-state index contributed by atoms with van der Waals surface area (Å²) in [4.78, 5) is 11.9. The second-order valence-corrected chi connectivity index (χ2v) is 5.09. The van der Waals surface area contributed by atoms with Crippen LogP contribution in [0.1, 0.15) is 36.4 Å². The van der Waals surface area contributed by atoms with Crippen molar-refractivity contribution in [3.05, 3.63) is 10.9 Å². The molecule has 0 bridgehead atoms. The number of carbonyl (C=O) groups excluding carboxylic acids is 1. The van der Waals surface area contributed by atoms with Crippen molar-refractivity contribution in [2.45, 2.75) is 38.9 Å². The van der Waals surface area contributed by atoms with Crippen molar-refractivity contribution in [1.82, 2.24) is 0 Å². The maximum absolute atomic E-state index is 12.2. The van der Waals surface area contributed by atoms with Gasteiger partial charge in [-0.3, -0.25) is 4.79 Å². The van der Waals surface area contributed by atoms with Gasteiger partial charge in [-0.15, -0.1) is 11.3 Å². The van der Waals surface area contributed by atoms with Crippen LogP contribution in [0.4, 0.5) is 23.9 Å². The van der Waals surface area contributed by atoms with E-state index < -0.39 is 18.6 Å². The molecule has 7 heteroatoms. The van der Waals surface area contributed by atoms with Crippen molar-refractivity contribution in [2.75, 3.05) is 11.1 Å². The molecule has 0 radical (unpaired) electrons. The molecule has 0 aliphatic rings. The second kappa shape index (κ2) is 5.60. The van der Waals surface area contributed by atoms with E-state index in [9.17, 15) is 18.0 Å². The van der Waals surface area contributed by atoms with Gasteiger partial charge in [0.25, 0.3) is 0 Å². The van der Waals surface area contributed by atoms with Crippen LogP contribution in [-0.2, 0) is 0 Å². The van der Waals surface area contributed by atoms with Crippen LogP contribution in [0.25, 0.3) is 0 Å². The lowest BCUT2D eigenvalue weighted by atomic mass is 10.2. The number of nitrogens with one attached hydrogen (secondary N) is 1. The molecule has 1 rings (SSSR count). The highest BCUT2D eigenvalue weighted by atomic mass is 32.1. The lowest BCUT2D eigenvalue weighted by molar-refractivity contribution is -0.136. The third kappa shape index (κ3) is 4.21. The first kappa shape index (κ1) is 14.8. The molecule has 18 heavy (non-hydrogen) atoms. The van der Waals surface area contributed by atoms with Gasteiger partial charge in [0, 0.05) is 12.5 Å². The average Bonchev–Trinajstić information content (AvgIpc) is 2.55. The Morgan fingerprint density at radius 3 is 2.67 bits per heavy atom. The molecule has 3 nitrogen and oxygen atoms in total. The summed E-state index contributed by atoms with van der Waals surface area (Å²) in [6.45, 7) is 3.14. The van der Waals surface area contributed by atoms with Gasteiger partial charge in [0.1, 0.15) is 0 Å². The molecular weight excluding hydrogens is 265 g/mol. The van der Waals surface area contributed by atoms with E-state index in [-0.39, 0.29) is 5.78 Å². The van der Waals surface area contributed by atoms with Crippen LogP contribution < -0.4 is 11.1 Å². The van der Waals surface area contributed by atoms with Gasteiger partial charge in [-0.05, 0) is 13.0 Å². The molecule has 0 spiro atoms. The Hall–Kier alpha value is -1.24. The summed E-state index contributed by atoms with van der Waals surface area (Å²) >= 11 is 1.09. The molecule has 1 unspecified atom stereocenters. The number of alkyl halides is 3. The van der Waals surface area contributed by atoms with E-state index in [0.717, 1.165) is 11.3 Å². The Morgan fingerprint density at radius 1 is 1.56 bits per heavy atom. The molecule has 0 aromatic carbocycles. The molecule has 0 saturated carbocycles. The predicted molar refractivity (Wildman–Crippen MR) is 67.1 cm³/mol. The van der Waals surface area contributed by atoms with Gasteiger partial charge in [0.2, 0.25) is 0 Å². The summed E-state index contributed by atoms with van der Waals surface area (Å²) in [5.74, 6) is -0.103. The monoisotopic (exact) mass is 280 g/mol. The van der Waals surface area contributed by atoms with Gasteiger partial charge in [-0.2, -0.15) is 13.2 Å². The van der Waals surface area contributed by atoms with Crippen LogP contribution in [0.2, 0.25) is 0 Å². The van der Waals surface area contributed by atoms with Crippen molar-refractivity contribution in [3.63, 3.8) is 0 Å². The maximum Gasteiger partial charge on any atom is 0.391 e. The van der Waals surface area contributed by atoms with E-state index in [1.165, 1.54) is 13.0 Å². The van der Waals surface area contributed by atoms with E-state index >= 15 is 0 Å². The van der Waals surface area contributed by atoms with Gasteiger partial charge in [-0.25, -0.2) is 0 Å². The van der Waals surface area contributed by atoms with Gasteiger partial charge in [-0.1, -0.05) is 6.92 Å². The Balaban J connectivity index is 2.72. The molecule has 1 aromatic rings. The standard InChI is InChI=1S/C11H15F3N2OS/c1-3-8(17)10-7(15)4-9(18-10)16-6(2)5-11(12,13)14/h4,6,16H,3,5,15H2,1-2H3. The molecule has 0 amide bonds. The number of nitrogens with two attached hydrogens (primary N) is 1. The highest BCUT2D eigenvalue weighted by Gasteiger charge is 2.30. The van der Waals surface area contributed by atoms with Crippen molar-refractivity contribution in [2.24, 2.45) is 0 Å². The van der Waals surface area contributed by atoms with Gasteiger partial charge >= 0.3 is 6.18 Å². The molecule has 102 valence electrons. The molecule has 0 fully saturated rings. The summed E-state index contributed by atoms with van der Waals surface area (Å²) in [6.07, 6.45) is -4.82. The van der Waals surface area contributed by atoms with Crippen LogP contribution >= 0.6 is 11.3 Å². The first-order valence-electron chi connectivity index (χ1n) is 5.48. The van der Waals surface area contributed by atoms with E-state index in [2.05, 4.69) is 5.32 Å². The molecule has 1 atom stereocenters. The highest BCUT2D eigenvalue weighted by Crippen LogP contribution is 2.32. The fourth-order valence-corrected chi connectivity index (χ4v) is 2.60. The van der Waals surface area contributed by atoms with Crippen LogP contribution in [0.15, 0.2) is 6.07 Å². The molecule has 1 heterocycles. The van der Waals surface area contributed by atoms with E-state index in [1.54, 1.807) is 6.92 Å². The number of anilines is 2. The summed E-state index contributed by atoms with van der Waals surface area (Å²) < 4.78 is 36.5. The van der Waals surface area contributed by atoms with Gasteiger partial charge in [0.05, 0.1) is 22.0 Å². The number of nitrogen functional groups attached to an aromatic ring is 1. The summed E-state index contributed by atoms with van der Waals surface area (Å²) in [7, 11) is 0. The quantitative estimate of drug-likeness (QED) is 0.809. The number of thiophene rings is 1. The summed E-state index contributed by atoms with van der Waals surface area (Å²) in [5.41, 5.74) is 5.96. The second-order valence-electron chi connectivity index (χ2n) is 4.04. The lowest BCUT2D eigenvalue weighted by Crippen LogP contribution is -2.23. The number of ketones is 1. The fraction of sp³-hybridized carbons (Fsp3) is 0.545. The Labute approximate surface area is 107 Å². The first-order valence-corrected chi connectivity index (χ1v) is 6.30. The smallest absolute Gasteiger partial charge is 0.391 e. The van der Waals surface area contributed by atoms with Crippen molar-refractivity contribution in [1.29, 1.82) is 0 Å². The van der Waals surface area contributed by atoms with Crippen molar-refractivity contribution >= 4 is 27.8 Å². The number of halogens is 3. The molecular formula is C11H15F3N2OS. The Morgan fingerprint density at radius 2 is 2.17 bits per heavy atom. The summed E-state index contributed by atoms with van der Waals surface area (Å²) in [5, 5.41) is 3.19. The van der Waals surface area contributed by atoms with Crippen molar-refractivity contribution in [3.8, 4) is 0 Å². The SMILES string of the molecule is CCC(=O)c1sc(NC(C)CC(F)(F)F)cc1N. The normalized spacial score (nSPS) is 13.4. The van der Waals surface area contributed by atoms with Crippen LogP contribution in [0.5, 0.6) is 0 Å². The molecule has 0 saturated heterocycles. The minimum absolute atomic E-state index is 0.103. The zero-order valence-corrected chi connectivity index (χ0v) is 10.9. The number of hydrogen-bond donors (Lipinski definition) is 2. The zero-order valence-electron chi connectivity index (χ0n) is 10.1. The van der Waals surface area contributed by atoms with E-state index in [4.69, 9.17) is 5.73 Å². The third-order valence-electron chi connectivity index (χ3n) is 2.26. The average molecular weight is 280 g/mol. The molecule has 0 aliphatic carbocycles. The highest BCUT2D eigenvalue weighted by molar-refractivity contribution is 7.18. The van der Waals surface area contributed by atoms with Crippen LogP contribution in [0, 0.1) is 0 Å². The third-order valence-corrected chi connectivity index (χ3v) is 3.38. The predicted octanol–water partition coefficient (Wildman–Crippen LogP) is 3.68. The minimum Gasteiger partial charge on any atom is -0.397 e. The fourth-order valence-electron chi connectivity index (χ4n) is 1.50. The molecule has 3 N–H and O–H groups in total. The number of hydrogen-bond acceptors (Lipinski definition) is 4. The van der Waals surface area contributed by atoms with Crippen molar-refractivity contribution < 1.29 is 18.0 Å². The van der Waals surface area contributed by atoms with Gasteiger partial charge in [0.15, 0.2) is 5.78 Å². The van der Waals surface area contributed by atoms with E-state index in [1.807, 2.05) is 0 Å². The first-order chi connectivity index (χ1) is 8.23. The summed E-state index contributed by atoms with van der Waals surface area (Å²) in [6, 6.07) is 0.744.